The van der Waals surface area contributed by atoms with Gasteiger partial charge in [-0.2, -0.15) is 0 Å². The summed E-state index contributed by atoms with van der Waals surface area (Å²) in [5.74, 6) is -0.0775. The molecule has 0 bridgehead atoms. The van der Waals surface area contributed by atoms with Crippen LogP contribution in [0.25, 0.3) is 0 Å². The summed E-state index contributed by atoms with van der Waals surface area (Å²) in [7, 11) is 2.95. The molecule has 2 aromatic rings. The second kappa shape index (κ2) is 6.76. The molecule has 1 amide bonds. The van der Waals surface area contributed by atoms with Gasteiger partial charge in [-0.05, 0) is 43.3 Å². The van der Waals surface area contributed by atoms with Crippen LogP contribution in [-0.4, -0.2) is 26.2 Å². The Kier molecular flexibility index (Phi) is 4.78. The Morgan fingerprint density at radius 2 is 1.55 bits per heavy atom. The molecule has 2 rings (SSSR count). The highest BCUT2D eigenvalue weighted by Gasteiger charge is 2.13. The maximum atomic E-state index is 12.1. The molecule has 0 aromatic heterocycles. The molecule has 0 N–H and O–H groups in total. The summed E-state index contributed by atoms with van der Waals surface area (Å²) in [6.07, 6.45) is -0.505. The van der Waals surface area contributed by atoms with E-state index in [2.05, 4.69) is 4.74 Å². The van der Waals surface area contributed by atoms with Gasteiger partial charge in [-0.3, -0.25) is 4.90 Å². The first-order valence-electron chi connectivity index (χ1n) is 6.72. The molecule has 0 saturated heterocycles. The molecule has 2 aromatic carbocycles. The summed E-state index contributed by atoms with van der Waals surface area (Å²) in [6.45, 7) is 1.98. The molecule has 0 atom stereocenters. The van der Waals surface area contributed by atoms with E-state index in [9.17, 15) is 9.59 Å². The summed E-state index contributed by atoms with van der Waals surface area (Å²) in [6, 6.07) is 13.7. The number of anilines is 1. The SMILES string of the molecule is COC(=O)c1ccc(OC(=O)N(C)c2ccc(C)cc2)cc1. The summed E-state index contributed by atoms with van der Waals surface area (Å²) in [4.78, 5) is 24.8. The van der Waals surface area contributed by atoms with Crippen molar-refractivity contribution in [3.05, 3.63) is 59.7 Å². The highest BCUT2D eigenvalue weighted by molar-refractivity contribution is 5.90. The van der Waals surface area contributed by atoms with E-state index in [1.807, 2.05) is 31.2 Å². The summed E-state index contributed by atoms with van der Waals surface area (Å²) in [5, 5.41) is 0. The largest absolute Gasteiger partial charge is 0.465 e. The summed E-state index contributed by atoms with van der Waals surface area (Å²) in [5.41, 5.74) is 2.25. The molecule has 0 aliphatic rings. The highest BCUT2D eigenvalue weighted by atomic mass is 16.6. The molecule has 0 fully saturated rings. The van der Waals surface area contributed by atoms with E-state index in [-0.39, 0.29) is 0 Å². The van der Waals surface area contributed by atoms with Crippen LogP contribution in [0, 0.1) is 6.92 Å². The van der Waals surface area contributed by atoms with Crippen LogP contribution in [0.5, 0.6) is 5.75 Å². The van der Waals surface area contributed by atoms with E-state index in [0.717, 1.165) is 11.3 Å². The maximum Gasteiger partial charge on any atom is 0.419 e. The first kappa shape index (κ1) is 15.6. The van der Waals surface area contributed by atoms with Crippen LogP contribution in [0.3, 0.4) is 0 Å². The fourth-order valence-corrected chi connectivity index (χ4v) is 1.82. The van der Waals surface area contributed by atoms with Gasteiger partial charge in [0.2, 0.25) is 0 Å². The van der Waals surface area contributed by atoms with Crippen molar-refractivity contribution in [3.63, 3.8) is 0 Å². The smallest absolute Gasteiger partial charge is 0.419 e. The van der Waals surface area contributed by atoms with E-state index in [1.54, 1.807) is 31.3 Å². The predicted octanol–water partition coefficient (Wildman–Crippen LogP) is 3.42. The third-order valence-corrected chi connectivity index (χ3v) is 3.18. The molecule has 114 valence electrons. The molecule has 5 heteroatoms. The fourth-order valence-electron chi connectivity index (χ4n) is 1.82. The van der Waals surface area contributed by atoms with E-state index in [0.29, 0.717) is 11.3 Å². The number of methoxy groups -OCH3 is 1. The van der Waals surface area contributed by atoms with E-state index in [4.69, 9.17) is 4.74 Å². The van der Waals surface area contributed by atoms with Gasteiger partial charge in [0.25, 0.3) is 0 Å². The lowest BCUT2D eigenvalue weighted by atomic mass is 10.2. The third-order valence-electron chi connectivity index (χ3n) is 3.18. The molecule has 0 aliphatic carbocycles. The average molecular weight is 299 g/mol. The maximum absolute atomic E-state index is 12.1. The number of carbonyl (C=O) groups is 2. The van der Waals surface area contributed by atoms with Crippen LogP contribution in [0.4, 0.5) is 10.5 Å². The van der Waals surface area contributed by atoms with Crippen molar-refractivity contribution in [2.24, 2.45) is 0 Å². The van der Waals surface area contributed by atoms with Crippen LogP contribution >= 0.6 is 0 Å². The van der Waals surface area contributed by atoms with Crippen LogP contribution in [0.1, 0.15) is 15.9 Å². The van der Waals surface area contributed by atoms with Crippen molar-refractivity contribution >= 4 is 17.7 Å². The zero-order chi connectivity index (χ0) is 16.1. The molecule has 0 unspecified atom stereocenters. The van der Waals surface area contributed by atoms with E-state index >= 15 is 0 Å². The lowest BCUT2D eigenvalue weighted by molar-refractivity contribution is 0.0600. The second-order valence-electron chi connectivity index (χ2n) is 4.78. The van der Waals surface area contributed by atoms with Gasteiger partial charge in [0.05, 0.1) is 12.7 Å². The first-order chi connectivity index (χ1) is 10.5. The van der Waals surface area contributed by atoms with Crippen molar-refractivity contribution < 1.29 is 19.1 Å². The number of aryl methyl sites for hydroxylation is 1. The van der Waals surface area contributed by atoms with Crippen molar-refractivity contribution in [2.45, 2.75) is 6.92 Å². The van der Waals surface area contributed by atoms with E-state index in [1.165, 1.54) is 12.0 Å². The number of hydrogen-bond donors (Lipinski definition) is 0. The number of rotatable bonds is 3. The Morgan fingerprint density at radius 1 is 0.955 bits per heavy atom. The lowest BCUT2D eigenvalue weighted by Gasteiger charge is -2.17. The Bertz CT molecular complexity index is 662. The van der Waals surface area contributed by atoms with Crippen molar-refractivity contribution in [3.8, 4) is 5.75 Å². The topological polar surface area (TPSA) is 55.8 Å². The number of ether oxygens (including phenoxy) is 2. The highest BCUT2D eigenvalue weighted by Crippen LogP contribution is 2.17. The van der Waals surface area contributed by atoms with Crippen LogP contribution in [0.2, 0.25) is 0 Å². The van der Waals surface area contributed by atoms with Crippen molar-refractivity contribution in [1.82, 2.24) is 0 Å². The Morgan fingerprint density at radius 3 is 2.09 bits per heavy atom. The van der Waals surface area contributed by atoms with Crippen LogP contribution < -0.4 is 9.64 Å². The quantitative estimate of drug-likeness (QED) is 0.815. The molecule has 0 spiro atoms. The van der Waals surface area contributed by atoms with Crippen LogP contribution in [-0.2, 0) is 4.74 Å². The zero-order valence-electron chi connectivity index (χ0n) is 12.7. The Labute approximate surface area is 129 Å². The molecular formula is C17H17NO4. The molecule has 0 radical (unpaired) electrons. The molecule has 5 nitrogen and oxygen atoms in total. The van der Waals surface area contributed by atoms with Crippen molar-refractivity contribution in [1.29, 1.82) is 0 Å². The van der Waals surface area contributed by atoms with Gasteiger partial charge in [0, 0.05) is 12.7 Å². The van der Waals surface area contributed by atoms with Gasteiger partial charge < -0.3 is 9.47 Å². The normalized spacial score (nSPS) is 9.95. The number of carbonyl (C=O) groups excluding carboxylic acids is 2. The van der Waals surface area contributed by atoms with Crippen molar-refractivity contribution in [2.75, 3.05) is 19.1 Å². The van der Waals surface area contributed by atoms with E-state index < -0.39 is 12.1 Å². The number of hydrogen-bond acceptors (Lipinski definition) is 4. The van der Waals surface area contributed by atoms with Gasteiger partial charge in [0.1, 0.15) is 5.75 Å². The monoisotopic (exact) mass is 299 g/mol. The minimum absolute atomic E-state index is 0.358. The van der Waals surface area contributed by atoms with Gasteiger partial charge in [0.15, 0.2) is 0 Å². The molecule has 0 heterocycles. The molecular weight excluding hydrogens is 282 g/mol. The van der Waals surface area contributed by atoms with Gasteiger partial charge in [-0.25, -0.2) is 9.59 Å². The zero-order valence-corrected chi connectivity index (χ0v) is 12.7. The average Bonchev–Trinajstić information content (AvgIpc) is 2.54. The second-order valence-corrected chi connectivity index (χ2v) is 4.78. The first-order valence-corrected chi connectivity index (χ1v) is 6.72. The summed E-state index contributed by atoms with van der Waals surface area (Å²) < 4.78 is 9.87. The number of benzene rings is 2. The molecule has 0 saturated carbocycles. The molecule has 22 heavy (non-hydrogen) atoms. The Hall–Kier alpha value is -2.82. The van der Waals surface area contributed by atoms with Gasteiger partial charge in [-0.15, -0.1) is 0 Å². The van der Waals surface area contributed by atoms with Crippen LogP contribution in [0.15, 0.2) is 48.5 Å². The third kappa shape index (κ3) is 3.63. The minimum atomic E-state index is -0.505. The lowest BCUT2D eigenvalue weighted by Crippen LogP contribution is -2.29. The molecule has 0 aliphatic heterocycles. The Balaban J connectivity index is 2.05. The summed E-state index contributed by atoms with van der Waals surface area (Å²) >= 11 is 0. The number of amides is 1. The van der Waals surface area contributed by atoms with Gasteiger partial charge in [-0.1, -0.05) is 17.7 Å². The number of nitrogens with zero attached hydrogens (tertiary/aromatic N) is 1. The fraction of sp³-hybridized carbons (Fsp3) is 0.176. The standard InChI is InChI=1S/C17H17NO4/c1-12-4-8-14(9-5-12)18(2)17(20)22-15-10-6-13(7-11-15)16(19)21-3/h4-11H,1-3H3. The number of esters is 1. The predicted molar refractivity (Wildman–Crippen MR) is 83.4 cm³/mol. The minimum Gasteiger partial charge on any atom is -0.465 e. The van der Waals surface area contributed by atoms with Gasteiger partial charge >= 0.3 is 12.1 Å².